The van der Waals surface area contributed by atoms with Gasteiger partial charge in [-0.05, 0) is 41.3 Å². The van der Waals surface area contributed by atoms with E-state index in [4.69, 9.17) is 5.73 Å². The van der Waals surface area contributed by atoms with E-state index in [0.29, 0.717) is 36.4 Å². The maximum absolute atomic E-state index is 13.9. The highest BCUT2D eigenvalue weighted by molar-refractivity contribution is 6.23. The van der Waals surface area contributed by atoms with Crippen molar-refractivity contribution >= 4 is 17.3 Å². The van der Waals surface area contributed by atoms with Gasteiger partial charge >= 0.3 is 0 Å². The van der Waals surface area contributed by atoms with Crippen molar-refractivity contribution in [2.75, 3.05) is 6.54 Å². The Balaban J connectivity index is 1.86. The summed E-state index contributed by atoms with van der Waals surface area (Å²) < 4.78 is 13.9. The molecule has 140 valence electrons. The maximum Gasteiger partial charge on any atom is 0.254 e. The number of hydrogen-bond donors (Lipinski definition) is 2. The molecule has 0 radical (unpaired) electrons. The molecule has 0 atom stereocenters. The van der Waals surface area contributed by atoms with E-state index in [1.807, 2.05) is 26.0 Å². The molecular weight excluding hydrogens is 343 g/mol. The van der Waals surface area contributed by atoms with Gasteiger partial charge in [-0.25, -0.2) is 4.39 Å². The Morgan fingerprint density at radius 2 is 2.15 bits per heavy atom. The van der Waals surface area contributed by atoms with Gasteiger partial charge in [0.2, 0.25) is 0 Å². The van der Waals surface area contributed by atoms with Gasteiger partial charge in [-0.1, -0.05) is 19.9 Å². The fraction of sp³-hybridized carbons (Fsp3) is 0.286. The third kappa shape index (κ3) is 4.58. The van der Waals surface area contributed by atoms with Crippen LogP contribution in [0.3, 0.4) is 0 Å². The van der Waals surface area contributed by atoms with E-state index in [1.54, 1.807) is 18.3 Å². The van der Waals surface area contributed by atoms with Crippen molar-refractivity contribution in [3.63, 3.8) is 0 Å². The van der Waals surface area contributed by atoms with Gasteiger partial charge in [0.05, 0.1) is 17.0 Å². The number of nitrogens with zero attached hydrogens (tertiary/aromatic N) is 2. The lowest BCUT2D eigenvalue weighted by Gasteiger charge is -2.17. The fourth-order valence-corrected chi connectivity index (χ4v) is 3.05. The zero-order chi connectivity index (χ0) is 19.4. The van der Waals surface area contributed by atoms with Crippen LogP contribution in [0.1, 0.15) is 43.0 Å². The van der Waals surface area contributed by atoms with Crippen molar-refractivity contribution in [3.05, 3.63) is 70.9 Å². The van der Waals surface area contributed by atoms with Gasteiger partial charge in [-0.2, -0.15) is 0 Å². The number of aromatic nitrogens is 1. The Hall–Kier alpha value is -3.02. The molecule has 6 heteroatoms. The largest absolute Gasteiger partial charge is 0.404 e. The Kier molecular flexibility index (Phi) is 5.64. The summed E-state index contributed by atoms with van der Waals surface area (Å²) in [6.45, 7) is 4.61. The fourth-order valence-electron chi connectivity index (χ4n) is 3.05. The highest BCUT2D eigenvalue weighted by atomic mass is 19.1. The average molecular weight is 366 g/mol. The minimum absolute atomic E-state index is 0.210. The molecule has 0 aliphatic carbocycles. The molecule has 3 rings (SSSR count). The van der Waals surface area contributed by atoms with Crippen LogP contribution >= 0.6 is 0 Å². The summed E-state index contributed by atoms with van der Waals surface area (Å²) in [4.78, 5) is 20.8. The number of aliphatic imine (C=N–C) groups is 1. The van der Waals surface area contributed by atoms with Crippen LogP contribution < -0.4 is 11.1 Å². The zero-order valence-corrected chi connectivity index (χ0v) is 15.5. The van der Waals surface area contributed by atoms with Crippen LogP contribution in [0, 0.1) is 5.82 Å². The summed E-state index contributed by atoms with van der Waals surface area (Å²) in [7, 11) is 0. The lowest BCUT2D eigenvalue weighted by molar-refractivity contribution is -0.117. The number of carbonyl (C=O) groups is 1. The van der Waals surface area contributed by atoms with Crippen molar-refractivity contribution in [2.45, 2.75) is 32.6 Å². The summed E-state index contributed by atoms with van der Waals surface area (Å²) in [6.07, 6.45) is 4.09. The second kappa shape index (κ2) is 8.12. The van der Waals surface area contributed by atoms with E-state index in [2.05, 4.69) is 15.3 Å². The van der Waals surface area contributed by atoms with Gasteiger partial charge < -0.3 is 11.1 Å². The quantitative estimate of drug-likeness (QED) is 0.814. The van der Waals surface area contributed by atoms with Crippen molar-refractivity contribution in [2.24, 2.45) is 10.7 Å². The van der Waals surface area contributed by atoms with Crippen LogP contribution in [0.4, 0.5) is 10.1 Å². The molecular formula is C21H23FN4O. The number of benzene rings is 1. The van der Waals surface area contributed by atoms with E-state index in [1.165, 1.54) is 12.3 Å². The van der Waals surface area contributed by atoms with Gasteiger partial charge in [0.1, 0.15) is 5.82 Å². The van der Waals surface area contributed by atoms with Crippen molar-refractivity contribution in [1.29, 1.82) is 0 Å². The number of amides is 1. The van der Waals surface area contributed by atoms with Crippen LogP contribution in [0.25, 0.3) is 0 Å². The minimum Gasteiger partial charge on any atom is -0.404 e. The molecule has 1 amide bonds. The number of pyridine rings is 1. The van der Waals surface area contributed by atoms with E-state index in [9.17, 15) is 9.18 Å². The highest BCUT2D eigenvalue weighted by Crippen LogP contribution is 2.22. The molecule has 0 unspecified atom stereocenters. The van der Waals surface area contributed by atoms with Gasteiger partial charge in [0.15, 0.2) is 0 Å². The van der Waals surface area contributed by atoms with Crippen molar-refractivity contribution in [3.8, 4) is 0 Å². The molecule has 0 spiro atoms. The van der Waals surface area contributed by atoms with E-state index < -0.39 is 0 Å². The summed E-state index contributed by atoms with van der Waals surface area (Å²) in [6, 6.07) is 8.75. The maximum atomic E-state index is 13.9. The third-order valence-corrected chi connectivity index (χ3v) is 4.47. The summed E-state index contributed by atoms with van der Waals surface area (Å²) in [5.41, 5.74) is 9.95. The number of rotatable bonds is 4. The average Bonchev–Trinajstić information content (AvgIpc) is 2.62. The Morgan fingerprint density at radius 3 is 2.89 bits per heavy atom. The van der Waals surface area contributed by atoms with E-state index >= 15 is 0 Å². The van der Waals surface area contributed by atoms with Crippen molar-refractivity contribution < 1.29 is 9.18 Å². The molecule has 2 heterocycles. The lowest BCUT2D eigenvalue weighted by Crippen LogP contribution is -2.36. The topological polar surface area (TPSA) is 80.4 Å². The smallest absolute Gasteiger partial charge is 0.254 e. The first-order valence-corrected chi connectivity index (χ1v) is 8.98. The number of carbonyl (C=O) groups excluding carboxylic acids is 1. The number of piperidine rings is 1. The summed E-state index contributed by atoms with van der Waals surface area (Å²) >= 11 is 0. The Bertz CT molecular complexity index is 918. The van der Waals surface area contributed by atoms with Gasteiger partial charge in [-0.3, -0.25) is 14.8 Å². The molecule has 1 aliphatic heterocycles. The standard InChI is InChI=1S/C21H23FN4O/c1-13(2)15-7-14(8-16(22)10-15)9-18-11-17(3-5-24-18)26-20-4-6-25-21(27)19(20)12-23/h3,5,7-8,10-13H,4,6,9,23H2,1-2H3,(H,25,27)/b19-12+,26-20?. The second-order valence-electron chi connectivity index (χ2n) is 6.87. The molecule has 1 fully saturated rings. The zero-order valence-electron chi connectivity index (χ0n) is 15.5. The van der Waals surface area contributed by atoms with E-state index in [0.717, 1.165) is 16.8 Å². The summed E-state index contributed by atoms with van der Waals surface area (Å²) in [5, 5.41) is 2.75. The number of nitrogens with two attached hydrogens (primary N) is 1. The number of nitrogens with one attached hydrogen (secondary N) is 1. The highest BCUT2D eigenvalue weighted by Gasteiger charge is 2.20. The first-order chi connectivity index (χ1) is 13.0. The molecule has 0 saturated carbocycles. The van der Waals surface area contributed by atoms with Crippen LogP contribution in [-0.4, -0.2) is 23.1 Å². The molecule has 0 bridgehead atoms. The molecule has 2 aromatic rings. The van der Waals surface area contributed by atoms with Gasteiger partial charge in [0, 0.05) is 37.5 Å². The Morgan fingerprint density at radius 1 is 1.33 bits per heavy atom. The second-order valence-corrected chi connectivity index (χ2v) is 6.87. The van der Waals surface area contributed by atoms with E-state index in [-0.39, 0.29) is 17.6 Å². The van der Waals surface area contributed by atoms with Gasteiger partial charge in [0.25, 0.3) is 5.91 Å². The van der Waals surface area contributed by atoms with Crippen LogP contribution in [-0.2, 0) is 11.2 Å². The number of hydrogen-bond acceptors (Lipinski definition) is 4. The SMILES string of the molecule is CC(C)c1cc(F)cc(Cc2cc(N=C3CCNC(=O)/C3=C/N)ccn2)c1. The molecule has 1 aromatic carbocycles. The number of halogens is 1. The van der Waals surface area contributed by atoms with Crippen LogP contribution in [0.15, 0.2) is 53.3 Å². The molecule has 1 saturated heterocycles. The van der Waals surface area contributed by atoms with Crippen molar-refractivity contribution in [1.82, 2.24) is 10.3 Å². The van der Waals surface area contributed by atoms with Crippen LogP contribution in [0.2, 0.25) is 0 Å². The molecule has 27 heavy (non-hydrogen) atoms. The van der Waals surface area contributed by atoms with Gasteiger partial charge in [-0.15, -0.1) is 0 Å². The molecule has 3 N–H and O–H groups in total. The molecule has 1 aromatic heterocycles. The molecule has 5 nitrogen and oxygen atoms in total. The first-order valence-electron chi connectivity index (χ1n) is 8.98. The predicted molar refractivity (Wildman–Crippen MR) is 105 cm³/mol. The molecule has 1 aliphatic rings. The Labute approximate surface area is 158 Å². The minimum atomic E-state index is -0.237. The van der Waals surface area contributed by atoms with Crippen LogP contribution in [0.5, 0.6) is 0 Å². The monoisotopic (exact) mass is 366 g/mol. The predicted octanol–water partition coefficient (Wildman–Crippen LogP) is 3.37. The summed E-state index contributed by atoms with van der Waals surface area (Å²) in [5.74, 6) is -0.194. The third-order valence-electron chi connectivity index (χ3n) is 4.47. The normalized spacial score (nSPS) is 17.6. The first kappa shape index (κ1) is 18.8. The lowest BCUT2D eigenvalue weighted by atomic mass is 9.98.